The average Bonchev–Trinajstić information content (AvgIpc) is 2.94. The van der Waals surface area contributed by atoms with Crippen LogP contribution in [0.5, 0.6) is 5.75 Å². The molecule has 0 spiro atoms. The Morgan fingerprint density at radius 1 is 1.16 bits per heavy atom. The molecule has 3 rings (SSSR count). The fraction of sp³-hybridized carbons (Fsp3) is 0.611. The van der Waals surface area contributed by atoms with Gasteiger partial charge in [0.2, 0.25) is 0 Å². The summed E-state index contributed by atoms with van der Waals surface area (Å²) in [7, 11) is -3.02. The van der Waals surface area contributed by atoms with Crippen LogP contribution in [-0.2, 0) is 14.6 Å². The highest BCUT2D eigenvalue weighted by Crippen LogP contribution is 2.28. The molecule has 1 saturated carbocycles. The van der Waals surface area contributed by atoms with Crippen molar-refractivity contribution in [2.45, 2.75) is 50.6 Å². The minimum Gasteiger partial charge on any atom is -0.484 e. The van der Waals surface area contributed by atoms with Gasteiger partial charge in [-0.25, -0.2) is 8.42 Å². The van der Waals surface area contributed by atoms with Gasteiger partial charge in [0, 0.05) is 15.7 Å². The molecule has 138 valence electrons. The standard InChI is InChI=1S/C18H24INO4S/c19-14-5-4-8-17(11-14)24-12-18(21)20(15-6-2-1-3-7-15)16-9-10-25(22,23)13-16/h4-5,8,11,15-16H,1-3,6-7,9-10,12-13H2. The van der Waals surface area contributed by atoms with Crippen molar-refractivity contribution in [2.24, 2.45) is 0 Å². The third-order valence-electron chi connectivity index (χ3n) is 5.02. The van der Waals surface area contributed by atoms with Crippen molar-refractivity contribution in [2.75, 3.05) is 18.1 Å². The van der Waals surface area contributed by atoms with Gasteiger partial charge in [-0.1, -0.05) is 25.3 Å². The van der Waals surface area contributed by atoms with E-state index in [1.54, 1.807) is 0 Å². The van der Waals surface area contributed by atoms with E-state index in [-0.39, 0.29) is 36.1 Å². The van der Waals surface area contributed by atoms with Crippen molar-refractivity contribution in [3.8, 4) is 5.75 Å². The molecule has 5 nitrogen and oxygen atoms in total. The lowest BCUT2D eigenvalue weighted by Crippen LogP contribution is -2.50. The van der Waals surface area contributed by atoms with Crippen molar-refractivity contribution < 1.29 is 17.9 Å². The molecule has 1 amide bonds. The monoisotopic (exact) mass is 477 g/mol. The second-order valence-electron chi connectivity index (χ2n) is 6.90. The molecule has 1 saturated heterocycles. The molecule has 1 aliphatic heterocycles. The molecule has 0 radical (unpaired) electrons. The van der Waals surface area contributed by atoms with Gasteiger partial charge in [0.15, 0.2) is 16.4 Å². The first-order valence-corrected chi connectivity index (χ1v) is 11.7. The molecule has 1 aromatic rings. The van der Waals surface area contributed by atoms with Crippen molar-refractivity contribution in [3.05, 3.63) is 27.8 Å². The van der Waals surface area contributed by atoms with Crippen LogP contribution in [-0.4, -0.2) is 49.4 Å². The van der Waals surface area contributed by atoms with E-state index in [1.807, 2.05) is 29.2 Å². The van der Waals surface area contributed by atoms with E-state index in [9.17, 15) is 13.2 Å². The van der Waals surface area contributed by atoms with Gasteiger partial charge in [0.1, 0.15) is 5.75 Å². The fourth-order valence-electron chi connectivity index (χ4n) is 3.84. The zero-order valence-electron chi connectivity index (χ0n) is 14.2. The molecule has 1 aliphatic carbocycles. The van der Waals surface area contributed by atoms with Gasteiger partial charge in [0.25, 0.3) is 5.91 Å². The summed E-state index contributed by atoms with van der Waals surface area (Å²) in [6.45, 7) is -0.0346. The Morgan fingerprint density at radius 3 is 2.56 bits per heavy atom. The van der Waals surface area contributed by atoms with Gasteiger partial charge < -0.3 is 9.64 Å². The first-order chi connectivity index (χ1) is 11.9. The highest BCUT2D eigenvalue weighted by molar-refractivity contribution is 14.1. The minimum absolute atomic E-state index is 0.0346. The minimum atomic E-state index is -3.02. The van der Waals surface area contributed by atoms with E-state index in [0.29, 0.717) is 12.2 Å². The number of rotatable bonds is 5. The SMILES string of the molecule is O=C(COc1cccc(I)c1)N(C1CCCCC1)C1CCS(=O)(=O)C1. The van der Waals surface area contributed by atoms with Crippen molar-refractivity contribution in [3.63, 3.8) is 0 Å². The maximum absolute atomic E-state index is 12.9. The van der Waals surface area contributed by atoms with Crippen LogP contribution in [0.4, 0.5) is 0 Å². The zero-order chi connectivity index (χ0) is 17.9. The summed E-state index contributed by atoms with van der Waals surface area (Å²) in [6, 6.07) is 7.54. The summed E-state index contributed by atoms with van der Waals surface area (Å²) in [5, 5.41) is 0. The third-order valence-corrected chi connectivity index (χ3v) is 7.44. The molecular weight excluding hydrogens is 453 g/mol. The molecule has 0 bridgehead atoms. The van der Waals surface area contributed by atoms with Gasteiger partial charge >= 0.3 is 0 Å². The highest BCUT2D eigenvalue weighted by Gasteiger charge is 2.38. The second kappa shape index (κ2) is 8.24. The van der Waals surface area contributed by atoms with Crippen LogP contribution in [0.1, 0.15) is 38.5 Å². The molecule has 1 unspecified atom stereocenters. The Kier molecular flexibility index (Phi) is 6.25. The first kappa shape index (κ1) is 18.9. The quantitative estimate of drug-likeness (QED) is 0.612. The smallest absolute Gasteiger partial charge is 0.261 e. The average molecular weight is 477 g/mol. The lowest BCUT2D eigenvalue weighted by molar-refractivity contribution is -0.138. The van der Waals surface area contributed by atoms with Crippen molar-refractivity contribution in [1.82, 2.24) is 4.90 Å². The van der Waals surface area contributed by atoms with E-state index in [1.165, 1.54) is 6.42 Å². The molecule has 0 N–H and O–H groups in total. The summed E-state index contributed by atoms with van der Waals surface area (Å²) in [6.07, 6.45) is 5.88. The maximum Gasteiger partial charge on any atom is 0.261 e. The van der Waals surface area contributed by atoms with Crippen LogP contribution in [0.25, 0.3) is 0 Å². The number of hydrogen-bond donors (Lipinski definition) is 0. The summed E-state index contributed by atoms with van der Waals surface area (Å²) < 4.78 is 30.5. The van der Waals surface area contributed by atoms with Gasteiger partial charge in [-0.2, -0.15) is 0 Å². The molecule has 2 fully saturated rings. The van der Waals surface area contributed by atoms with E-state index in [4.69, 9.17) is 4.74 Å². The number of carbonyl (C=O) groups excluding carboxylic acids is 1. The highest BCUT2D eigenvalue weighted by atomic mass is 127. The van der Waals surface area contributed by atoms with Gasteiger partial charge in [-0.3, -0.25) is 4.79 Å². The van der Waals surface area contributed by atoms with E-state index >= 15 is 0 Å². The van der Waals surface area contributed by atoms with Crippen LogP contribution in [0.2, 0.25) is 0 Å². The summed E-state index contributed by atoms with van der Waals surface area (Å²) in [5.74, 6) is 0.862. The molecular formula is C18H24INO4S. The Bertz CT molecular complexity index is 716. The molecule has 1 heterocycles. The van der Waals surface area contributed by atoms with E-state index < -0.39 is 9.84 Å². The molecule has 2 aliphatic rings. The number of benzene rings is 1. The van der Waals surface area contributed by atoms with Crippen LogP contribution in [0.15, 0.2) is 24.3 Å². The Hall–Kier alpha value is -0.830. The molecule has 7 heteroatoms. The third kappa shape index (κ3) is 5.09. The van der Waals surface area contributed by atoms with Gasteiger partial charge in [-0.05, 0) is 60.1 Å². The summed E-state index contributed by atoms with van der Waals surface area (Å²) in [5.41, 5.74) is 0. The van der Waals surface area contributed by atoms with Crippen LogP contribution < -0.4 is 4.74 Å². The van der Waals surface area contributed by atoms with E-state index in [2.05, 4.69) is 22.6 Å². The second-order valence-corrected chi connectivity index (χ2v) is 10.4. The lowest BCUT2D eigenvalue weighted by Gasteiger charge is -2.38. The Morgan fingerprint density at radius 2 is 1.92 bits per heavy atom. The van der Waals surface area contributed by atoms with Crippen molar-refractivity contribution >= 4 is 38.3 Å². The molecule has 1 atom stereocenters. The van der Waals surface area contributed by atoms with Crippen LogP contribution in [0.3, 0.4) is 0 Å². The fourth-order valence-corrected chi connectivity index (χ4v) is 6.06. The Balaban J connectivity index is 1.70. The van der Waals surface area contributed by atoms with Gasteiger partial charge in [-0.15, -0.1) is 0 Å². The normalized spacial score (nSPS) is 23.3. The summed E-state index contributed by atoms with van der Waals surface area (Å²) in [4.78, 5) is 14.7. The summed E-state index contributed by atoms with van der Waals surface area (Å²) >= 11 is 2.20. The lowest BCUT2D eigenvalue weighted by atomic mass is 9.93. The zero-order valence-corrected chi connectivity index (χ0v) is 17.2. The molecule has 25 heavy (non-hydrogen) atoms. The van der Waals surface area contributed by atoms with Gasteiger partial charge in [0.05, 0.1) is 11.5 Å². The van der Waals surface area contributed by atoms with Crippen LogP contribution >= 0.6 is 22.6 Å². The number of ether oxygens (including phenoxy) is 1. The largest absolute Gasteiger partial charge is 0.484 e. The predicted molar refractivity (Wildman–Crippen MR) is 105 cm³/mol. The molecule has 0 aromatic heterocycles. The number of sulfone groups is 1. The maximum atomic E-state index is 12.9. The number of nitrogens with zero attached hydrogens (tertiary/aromatic N) is 1. The first-order valence-electron chi connectivity index (χ1n) is 8.84. The topological polar surface area (TPSA) is 63.7 Å². The van der Waals surface area contributed by atoms with Crippen LogP contribution in [0, 0.1) is 3.57 Å². The number of amides is 1. The molecule has 1 aromatic carbocycles. The number of halogens is 1. The number of carbonyl (C=O) groups is 1. The van der Waals surface area contributed by atoms with Crippen molar-refractivity contribution in [1.29, 1.82) is 0 Å². The number of hydrogen-bond acceptors (Lipinski definition) is 4. The van der Waals surface area contributed by atoms with E-state index in [0.717, 1.165) is 29.3 Å². The predicted octanol–water partition coefficient (Wildman–Crippen LogP) is 3.02. The Labute approximate surface area is 163 Å².